The molecule has 1 aliphatic carbocycles. The van der Waals surface area contributed by atoms with Gasteiger partial charge < -0.3 is 4.90 Å². The van der Waals surface area contributed by atoms with Crippen LogP contribution in [0.25, 0.3) is 0 Å². The first-order valence-electron chi connectivity index (χ1n) is 9.77. The first-order chi connectivity index (χ1) is 12.6. The number of piperidine rings is 1. The molecule has 138 valence electrons. The van der Waals surface area contributed by atoms with Crippen molar-refractivity contribution in [1.29, 1.82) is 0 Å². The SMILES string of the molecule is CC(C)c1cc(=O)n(CC2CCN(c3cc4c(nn3)CCC4)CC2)cn1. The number of anilines is 1. The van der Waals surface area contributed by atoms with Crippen LogP contribution < -0.4 is 10.5 Å². The fraction of sp³-hybridized carbons (Fsp3) is 0.600. The third-order valence-electron chi connectivity index (χ3n) is 5.69. The van der Waals surface area contributed by atoms with Crippen molar-refractivity contribution in [3.8, 4) is 0 Å². The smallest absolute Gasteiger partial charge is 0.253 e. The van der Waals surface area contributed by atoms with Crippen molar-refractivity contribution in [3.63, 3.8) is 0 Å². The molecule has 2 aromatic rings. The molecule has 0 saturated carbocycles. The van der Waals surface area contributed by atoms with Gasteiger partial charge in [-0.2, -0.15) is 5.10 Å². The van der Waals surface area contributed by atoms with Crippen LogP contribution in [-0.4, -0.2) is 32.8 Å². The van der Waals surface area contributed by atoms with Gasteiger partial charge in [0.05, 0.1) is 17.7 Å². The first kappa shape index (κ1) is 17.2. The van der Waals surface area contributed by atoms with Crippen molar-refractivity contribution in [3.05, 3.63) is 45.8 Å². The van der Waals surface area contributed by atoms with Crippen LogP contribution in [0, 0.1) is 5.92 Å². The Morgan fingerprint density at radius 1 is 1.15 bits per heavy atom. The minimum Gasteiger partial charge on any atom is -0.355 e. The van der Waals surface area contributed by atoms with Gasteiger partial charge in [-0.25, -0.2) is 4.98 Å². The molecule has 6 nitrogen and oxygen atoms in total. The summed E-state index contributed by atoms with van der Waals surface area (Å²) < 4.78 is 1.77. The molecule has 4 rings (SSSR count). The molecule has 6 heteroatoms. The molecule has 0 bridgehead atoms. The fourth-order valence-corrected chi connectivity index (χ4v) is 3.99. The minimum atomic E-state index is 0.0654. The zero-order valence-electron chi connectivity index (χ0n) is 15.7. The maximum absolute atomic E-state index is 12.3. The molecular formula is C20H27N5O. The molecule has 0 N–H and O–H groups in total. The van der Waals surface area contributed by atoms with Crippen molar-refractivity contribution in [2.24, 2.45) is 5.92 Å². The maximum atomic E-state index is 12.3. The second-order valence-corrected chi connectivity index (χ2v) is 7.92. The molecule has 0 aromatic carbocycles. The predicted molar refractivity (Wildman–Crippen MR) is 102 cm³/mol. The predicted octanol–water partition coefficient (Wildman–Crippen LogP) is 2.56. The summed E-state index contributed by atoms with van der Waals surface area (Å²) in [6, 6.07) is 3.91. The molecule has 3 heterocycles. The summed E-state index contributed by atoms with van der Waals surface area (Å²) in [5.74, 6) is 1.82. The molecule has 1 fully saturated rings. The molecular weight excluding hydrogens is 326 g/mol. The molecule has 0 atom stereocenters. The highest BCUT2D eigenvalue weighted by atomic mass is 16.1. The molecule has 0 spiro atoms. The number of rotatable bonds is 4. The minimum absolute atomic E-state index is 0.0654. The highest BCUT2D eigenvalue weighted by molar-refractivity contribution is 5.43. The maximum Gasteiger partial charge on any atom is 0.253 e. The molecule has 0 amide bonds. The van der Waals surface area contributed by atoms with Crippen LogP contribution >= 0.6 is 0 Å². The Morgan fingerprint density at radius 2 is 1.96 bits per heavy atom. The van der Waals surface area contributed by atoms with E-state index in [4.69, 9.17) is 0 Å². The van der Waals surface area contributed by atoms with Gasteiger partial charge >= 0.3 is 0 Å². The second kappa shape index (κ2) is 7.17. The topological polar surface area (TPSA) is 63.9 Å². The molecule has 0 unspecified atom stereocenters. The van der Waals surface area contributed by atoms with E-state index in [9.17, 15) is 4.79 Å². The van der Waals surface area contributed by atoms with Crippen LogP contribution in [0.2, 0.25) is 0 Å². The van der Waals surface area contributed by atoms with Crippen LogP contribution in [0.15, 0.2) is 23.3 Å². The summed E-state index contributed by atoms with van der Waals surface area (Å²) in [6.07, 6.45) is 7.26. The monoisotopic (exact) mass is 353 g/mol. The van der Waals surface area contributed by atoms with Crippen molar-refractivity contribution in [2.75, 3.05) is 18.0 Å². The lowest BCUT2D eigenvalue weighted by Crippen LogP contribution is -2.37. The zero-order chi connectivity index (χ0) is 18.1. The molecule has 2 aliphatic rings. The summed E-state index contributed by atoms with van der Waals surface area (Å²) in [4.78, 5) is 19.1. The summed E-state index contributed by atoms with van der Waals surface area (Å²) in [7, 11) is 0. The van der Waals surface area contributed by atoms with Gasteiger partial charge in [0.2, 0.25) is 0 Å². The van der Waals surface area contributed by atoms with Crippen molar-refractivity contribution in [2.45, 2.75) is 58.4 Å². The van der Waals surface area contributed by atoms with E-state index in [1.807, 2.05) is 0 Å². The average molecular weight is 353 g/mol. The second-order valence-electron chi connectivity index (χ2n) is 7.92. The number of hydrogen-bond donors (Lipinski definition) is 0. The van der Waals surface area contributed by atoms with Gasteiger partial charge in [-0.05, 0) is 55.6 Å². The summed E-state index contributed by atoms with van der Waals surface area (Å²) in [6.45, 7) is 6.83. The Hall–Kier alpha value is -2.24. The molecule has 0 radical (unpaired) electrons. The Balaban J connectivity index is 1.37. The standard InChI is InChI=1S/C20H27N5O/c1-14(2)18-11-20(26)25(13-21-18)12-15-6-8-24(9-7-15)19-10-16-4-3-5-17(16)22-23-19/h10-11,13-15H,3-9,12H2,1-2H3. The Bertz CT molecular complexity index is 836. The van der Waals surface area contributed by atoms with Crippen LogP contribution in [-0.2, 0) is 19.4 Å². The zero-order valence-corrected chi connectivity index (χ0v) is 15.7. The highest BCUT2D eigenvalue weighted by Gasteiger charge is 2.23. The molecule has 1 saturated heterocycles. The summed E-state index contributed by atoms with van der Waals surface area (Å²) in [5.41, 5.74) is 3.49. The van der Waals surface area contributed by atoms with E-state index in [-0.39, 0.29) is 11.5 Å². The third kappa shape index (κ3) is 3.50. The van der Waals surface area contributed by atoms with E-state index in [0.29, 0.717) is 5.92 Å². The van der Waals surface area contributed by atoms with Gasteiger partial charge in [-0.15, -0.1) is 5.10 Å². The quantitative estimate of drug-likeness (QED) is 0.845. The average Bonchev–Trinajstić information content (AvgIpc) is 3.11. The fourth-order valence-electron chi connectivity index (χ4n) is 3.99. The van der Waals surface area contributed by atoms with Gasteiger partial charge in [0.15, 0.2) is 5.82 Å². The molecule has 26 heavy (non-hydrogen) atoms. The normalized spacial score (nSPS) is 17.7. The van der Waals surface area contributed by atoms with Gasteiger partial charge in [0, 0.05) is 25.7 Å². The number of aryl methyl sites for hydroxylation is 2. The Kier molecular flexibility index (Phi) is 4.74. The highest BCUT2D eigenvalue weighted by Crippen LogP contribution is 2.26. The van der Waals surface area contributed by atoms with Crippen molar-refractivity contribution < 1.29 is 0 Å². The summed E-state index contributed by atoms with van der Waals surface area (Å²) in [5, 5.41) is 8.84. The van der Waals surface area contributed by atoms with Gasteiger partial charge in [-0.1, -0.05) is 13.8 Å². The van der Waals surface area contributed by atoms with E-state index < -0.39 is 0 Å². The first-order valence-corrected chi connectivity index (χ1v) is 9.77. The van der Waals surface area contributed by atoms with E-state index in [1.54, 1.807) is 17.0 Å². The van der Waals surface area contributed by atoms with Gasteiger partial charge in [0.1, 0.15) is 0 Å². The van der Waals surface area contributed by atoms with Gasteiger partial charge in [-0.3, -0.25) is 9.36 Å². The van der Waals surface area contributed by atoms with E-state index in [1.165, 1.54) is 17.7 Å². The van der Waals surface area contributed by atoms with Crippen LogP contribution in [0.1, 0.15) is 56.0 Å². The number of hydrogen-bond acceptors (Lipinski definition) is 5. The number of aromatic nitrogens is 4. The van der Waals surface area contributed by atoms with Crippen LogP contribution in [0.5, 0.6) is 0 Å². The lowest BCUT2D eigenvalue weighted by Gasteiger charge is -2.32. The third-order valence-corrected chi connectivity index (χ3v) is 5.69. The molecule has 1 aliphatic heterocycles. The molecule has 2 aromatic heterocycles. The Labute approximate surface area is 154 Å². The van der Waals surface area contributed by atoms with Crippen LogP contribution in [0.4, 0.5) is 5.82 Å². The summed E-state index contributed by atoms with van der Waals surface area (Å²) >= 11 is 0. The number of nitrogens with zero attached hydrogens (tertiary/aromatic N) is 5. The number of fused-ring (bicyclic) bond motifs is 1. The van der Waals surface area contributed by atoms with Gasteiger partial charge in [0.25, 0.3) is 5.56 Å². The lowest BCUT2D eigenvalue weighted by molar-refractivity contribution is 0.349. The van der Waals surface area contributed by atoms with E-state index >= 15 is 0 Å². The van der Waals surface area contributed by atoms with E-state index in [2.05, 4.69) is 40.0 Å². The Morgan fingerprint density at radius 3 is 2.69 bits per heavy atom. The lowest BCUT2D eigenvalue weighted by atomic mass is 9.96. The largest absolute Gasteiger partial charge is 0.355 e. The van der Waals surface area contributed by atoms with Crippen LogP contribution in [0.3, 0.4) is 0 Å². The van der Waals surface area contributed by atoms with Crippen molar-refractivity contribution >= 4 is 5.82 Å². The van der Waals surface area contributed by atoms with Crippen molar-refractivity contribution in [1.82, 2.24) is 19.7 Å². The van der Waals surface area contributed by atoms with E-state index in [0.717, 1.165) is 56.8 Å².